The van der Waals surface area contributed by atoms with E-state index in [1.165, 1.54) is 19.3 Å². The lowest BCUT2D eigenvalue weighted by Crippen LogP contribution is -2.17. The number of unbranched alkanes of at least 4 members (excludes halogenated alkanes) is 3. The predicted octanol–water partition coefficient (Wildman–Crippen LogP) is 5.06. The number of nitrogens with one attached hydrogen (secondary N) is 1. The van der Waals surface area contributed by atoms with E-state index in [0.717, 1.165) is 24.3 Å². The quantitative estimate of drug-likeness (QED) is 0.387. The molecule has 2 aromatic carbocycles. The summed E-state index contributed by atoms with van der Waals surface area (Å²) in [6.07, 6.45) is 6.35. The topological polar surface area (TPSA) is 50.7 Å². The summed E-state index contributed by atoms with van der Waals surface area (Å²) in [5, 5.41) is 4.56. The molecule has 2 aromatic rings. The molecule has 0 aromatic heterocycles. The molecule has 0 aliphatic rings. The maximum atomic E-state index is 11.9. The lowest BCUT2D eigenvalue weighted by atomic mass is 10.2. The molecule has 5 heteroatoms. The number of carbonyl (C=O) groups is 1. The third-order valence-electron chi connectivity index (χ3n) is 3.63. The molecule has 2 rings (SSSR count). The van der Waals surface area contributed by atoms with Crippen LogP contribution in [0, 0.1) is 0 Å². The number of hydrazone groups is 1. The molecule has 0 heterocycles. The number of rotatable bonds is 9. The third kappa shape index (κ3) is 6.98. The van der Waals surface area contributed by atoms with Crippen molar-refractivity contribution in [3.05, 3.63) is 64.7 Å². The second kappa shape index (κ2) is 10.5. The summed E-state index contributed by atoms with van der Waals surface area (Å²) in [5.41, 5.74) is 3.88. The van der Waals surface area contributed by atoms with Gasteiger partial charge in [-0.2, -0.15) is 5.10 Å². The summed E-state index contributed by atoms with van der Waals surface area (Å²) in [5.74, 6) is 0.568. The van der Waals surface area contributed by atoms with Gasteiger partial charge in [0, 0.05) is 10.6 Å². The maximum Gasteiger partial charge on any atom is 0.271 e. The fraction of sp³-hybridized carbons (Fsp3) is 0.300. The van der Waals surface area contributed by atoms with Crippen molar-refractivity contribution < 1.29 is 9.53 Å². The van der Waals surface area contributed by atoms with E-state index in [1.807, 2.05) is 24.3 Å². The van der Waals surface area contributed by atoms with Gasteiger partial charge in [0.15, 0.2) is 0 Å². The first-order valence-corrected chi connectivity index (χ1v) is 8.88. The van der Waals surface area contributed by atoms with Gasteiger partial charge in [0.2, 0.25) is 0 Å². The van der Waals surface area contributed by atoms with Crippen LogP contribution >= 0.6 is 11.6 Å². The van der Waals surface area contributed by atoms with Gasteiger partial charge >= 0.3 is 0 Å². The molecular weight excluding hydrogens is 336 g/mol. The van der Waals surface area contributed by atoms with Gasteiger partial charge in [0.05, 0.1) is 12.8 Å². The molecule has 0 spiro atoms. The molecule has 0 unspecified atom stereocenters. The summed E-state index contributed by atoms with van der Waals surface area (Å²) in [4.78, 5) is 11.9. The Bertz CT molecular complexity index is 682. The zero-order chi connectivity index (χ0) is 17.9. The summed E-state index contributed by atoms with van der Waals surface area (Å²) >= 11 is 5.80. The molecule has 132 valence electrons. The molecule has 4 nitrogen and oxygen atoms in total. The standard InChI is InChI=1S/C20H23ClN2O2/c1-2-3-4-5-14-25-19-12-6-16(7-13-19)15-22-23-20(24)17-8-10-18(21)11-9-17/h6-13,15H,2-5,14H2,1H3,(H,23,24)/b22-15+. The van der Waals surface area contributed by atoms with Crippen molar-refractivity contribution in [2.24, 2.45) is 5.10 Å². The Morgan fingerprint density at radius 1 is 1.08 bits per heavy atom. The summed E-state index contributed by atoms with van der Waals surface area (Å²) in [6, 6.07) is 14.3. The van der Waals surface area contributed by atoms with E-state index in [2.05, 4.69) is 17.5 Å². The minimum atomic E-state index is -0.278. The van der Waals surface area contributed by atoms with Gasteiger partial charge in [-0.3, -0.25) is 4.79 Å². The van der Waals surface area contributed by atoms with Crippen LogP contribution in [-0.2, 0) is 0 Å². The van der Waals surface area contributed by atoms with Crippen molar-refractivity contribution in [2.45, 2.75) is 32.6 Å². The molecule has 1 amide bonds. The highest BCUT2D eigenvalue weighted by Crippen LogP contribution is 2.12. The SMILES string of the molecule is CCCCCCOc1ccc(/C=N/NC(=O)c2ccc(Cl)cc2)cc1. The Hall–Kier alpha value is -2.33. The first-order valence-electron chi connectivity index (χ1n) is 8.51. The molecule has 0 radical (unpaired) electrons. The number of ether oxygens (including phenoxy) is 1. The predicted molar refractivity (Wildman–Crippen MR) is 103 cm³/mol. The second-order valence-corrected chi connectivity index (χ2v) is 6.12. The van der Waals surface area contributed by atoms with E-state index in [0.29, 0.717) is 10.6 Å². The first kappa shape index (κ1) is 19.0. The van der Waals surface area contributed by atoms with Crippen LogP contribution in [0.1, 0.15) is 48.5 Å². The van der Waals surface area contributed by atoms with Crippen LogP contribution in [0.3, 0.4) is 0 Å². The van der Waals surface area contributed by atoms with Crippen molar-refractivity contribution >= 4 is 23.7 Å². The zero-order valence-corrected chi connectivity index (χ0v) is 15.1. The van der Waals surface area contributed by atoms with Crippen LogP contribution in [-0.4, -0.2) is 18.7 Å². The van der Waals surface area contributed by atoms with Crippen LogP contribution in [0.25, 0.3) is 0 Å². The minimum Gasteiger partial charge on any atom is -0.494 e. The Labute approximate surface area is 153 Å². The van der Waals surface area contributed by atoms with Crippen LogP contribution < -0.4 is 10.2 Å². The average Bonchev–Trinajstić information content (AvgIpc) is 2.63. The van der Waals surface area contributed by atoms with Gasteiger partial charge in [-0.15, -0.1) is 0 Å². The molecule has 0 atom stereocenters. The Balaban J connectivity index is 1.77. The highest BCUT2D eigenvalue weighted by molar-refractivity contribution is 6.30. The minimum absolute atomic E-state index is 0.278. The Morgan fingerprint density at radius 3 is 2.48 bits per heavy atom. The van der Waals surface area contributed by atoms with Gasteiger partial charge in [-0.25, -0.2) is 5.43 Å². The molecule has 0 aliphatic heterocycles. The fourth-order valence-corrected chi connectivity index (χ4v) is 2.33. The Morgan fingerprint density at radius 2 is 1.80 bits per heavy atom. The van der Waals surface area contributed by atoms with Crippen LogP contribution in [0.4, 0.5) is 0 Å². The van der Waals surface area contributed by atoms with E-state index in [4.69, 9.17) is 16.3 Å². The van der Waals surface area contributed by atoms with Crippen molar-refractivity contribution in [1.29, 1.82) is 0 Å². The highest BCUT2D eigenvalue weighted by atomic mass is 35.5. The normalized spacial score (nSPS) is 10.8. The van der Waals surface area contributed by atoms with Crippen molar-refractivity contribution in [1.82, 2.24) is 5.43 Å². The largest absolute Gasteiger partial charge is 0.494 e. The fourth-order valence-electron chi connectivity index (χ4n) is 2.20. The van der Waals surface area contributed by atoms with Crippen LogP contribution in [0.5, 0.6) is 5.75 Å². The molecule has 0 saturated carbocycles. The number of benzene rings is 2. The number of hydrogen-bond acceptors (Lipinski definition) is 3. The van der Waals surface area contributed by atoms with E-state index < -0.39 is 0 Å². The monoisotopic (exact) mass is 358 g/mol. The number of amides is 1. The third-order valence-corrected chi connectivity index (χ3v) is 3.88. The van der Waals surface area contributed by atoms with Crippen molar-refractivity contribution in [2.75, 3.05) is 6.61 Å². The number of carbonyl (C=O) groups excluding carboxylic acids is 1. The van der Waals surface area contributed by atoms with E-state index in [-0.39, 0.29) is 5.91 Å². The zero-order valence-electron chi connectivity index (χ0n) is 14.4. The van der Waals surface area contributed by atoms with Gasteiger partial charge in [0.1, 0.15) is 5.75 Å². The van der Waals surface area contributed by atoms with Crippen molar-refractivity contribution in [3.8, 4) is 5.75 Å². The lowest BCUT2D eigenvalue weighted by Gasteiger charge is -2.06. The molecular formula is C20H23ClN2O2. The molecule has 0 fully saturated rings. The molecule has 0 aliphatic carbocycles. The van der Waals surface area contributed by atoms with Crippen molar-refractivity contribution in [3.63, 3.8) is 0 Å². The summed E-state index contributed by atoms with van der Waals surface area (Å²) in [7, 11) is 0. The van der Waals surface area contributed by atoms with E-state index in [9.17, 15) is 4.79 Å². The van der Waals surface area contributed by atoms with Gasteiger partial charge in [-0.1, -0.05) is 37.8 Å². The van der Waals surface area contributed by atoms with Crippen LogP contribution in [0.2, 0.25) is 5.02 Å². The first-order chi connectivity index (χ1) is 12.2. The number of hydrogen-bond donors (Lipinski definition) is 1. The number of nitrogens with zero attached hydrogens (tertiary/aromatic N) is 1. The van der Waals surface area contributed by atoms with Crippen LogP contribution in [0.15, 0.2) is 53.6 Å². The Kier molecular flexibility index (Phi) is 7.99. The van der Waals surface area contributed by atoms with E-state index in [1.54, 1.807) is 30.5 Å². The second-order valence-electron chi connectivity index (χ2n) is 5.68. The molecule has 25 heavy (non-hydrogen) atoms. The number of halogens is 1. The average molecular weight is 359 g/mol. The molecule has 0 bridgehead atoms. The highest BCUT2D eigenvalue weighted by Gasteiger charge is 2.03. The van der Waals surface area contributed by atoms with Gasteiger partial charge in [-0.05, 0) is 60.5 Å². The smallest absolute Gasteiger partial charge is 0.271 e. The maximum absolute atomic E-state index is 11.9. The molecule has 1 N–H and O–H groups in total. The summed E-state index contributed by atoms with van der Waals surface area (Å²) in [6.45, 7) is 2.93. The summed E-state index contributed by atoms with van der Waals surface area (Å²) < 4.78 is 5.69. The van der Waals surface area contributed by atoms with Gasteiger partial charge in [0.25, 0.3) is 5.91 Å². The van der Waals surface area contributed by atoms with E-state index >= 15 is 0 Å². The lowest BCUT2D eigenvalue weighted by molar-refractivity contribution is 0.0955. The van der Waals surface area contributed by atoms with Gasteiger partial charge < -0.3 is 4.74 Å². The molecule has 0 saturated heterocycles.